The van der Waals surface area contributed by atoms with Gasteiger partial charge in [-0.05, 0) is 37.7 Å². The minimum atomic E-state index is -0.0627. The highest BCUT2D eigenvalue weighted by Gasteiger charge is 2.23. The third kappa shape index (κ3) is 2.12. The zero-order valence-electron chi connectivity index (χ0n) is 11.1. The van der Waals surface area contributed by atoms with Gasteiger partial charge in [0.05, 0.1) is 18.3 Å². The first-order valence-corrected chi connectivity index (χ1v) is 7.37. The maximum Gasteiger partial charge on any atom is 0.262 e. The van der Waals surface area contributed by atoms with E-state index in [2.05, 4.69) is 11.9 Å². The van der Waals surface area contributed by atoms with E-state index in [1.165, 1.54) is 28.3 Å². The molecule has 0 saturated carbocycles. The van der Waals surface area contributed by atoms with Gasteiger partial charge in [0.2, 0.25) is 0 Å². The molecule has 2 aromatic heterocycles. The van der Waals surface area contributed by atoms with E-state index in [0.29, 0.717) is 5.92 Å². The Bertz CT molecular complexity index is 714. The zero-order chi connectivity index (χ0) is 13.6. The summed E-state index contributed by atoms with van der Waals surface area (Å²) < 4.78 is 1.43. The molecule has 1 unspecified atom stereocenters. The Hall–Kier alpha value is -1.49. The van der Waals surface area contributed by atoms with Crippen molar-refractivity contribution in [2.45, 2.75) is 39.7 Å². The average molecular weight is 276 g/mol. The fraction of sp³-hybridized carbons (Fsp3) is 0.500. The first kappa shape index (κ1) is 12.5. The third-order valence-corrected chi connectivity index (χ3v) is 4.84. The molecular formula is C14H16N2O2S. The summed E-state index contributed by atoms with van der Waals surface area (Å²) in [6, 6.07) is 0. The van der Waals surface area contributed by atoms with E-state index in [1.54, 1.807) is 11.3 Å². The second-order valence-electron chi connectivity index (χ2n) is 5.41. The van der Waals surface area contributed by atoms with Crippen LogP contribution in [0.1, 0.15) is 30.7 Å². The normalized spacial score (nSPS) is 18.5. The van der Waals surface area contributed by atoms with Gasteiger partial charge in [-0.2, -0.15) is 0 Å². The Kier molecular flexibility index (Phi) is 3.01. The number of thiophene rings is 1. The highest BCUT2D eigenvalue weighted by Crippen LogP contribution is 2.35. The van der Waals surface area contributed by atoms with Crippen molar-refractivity contribution in [2.75, 3.05) is 0 Å². The van der Waals surface area contributed by atoms with Crippen molar-refractivity contribution < 1.29 is 4.79 Å². The number of hydrogen-bond donors (Lipinski definition) is 0. The van der Waals surface area contributed by atoms with Crippen LogP contribution in [0.5, 0.6) is 0 Å². The number of nitrogens with zero attached hydrogens (tertiary/aromatic N) is 2. The van der Waals surface area contributed by atoms with Crippen molar-refractivity contribution in [2.24, 2.45) is 5.92 Å². The van der Waals surface area contributed by atoms with Gasteiger partial charge in [0.25, 0.3) is 5.56 Å². The van der Waals surface area contributed by atoms with Gasteiger partial charge in [-0.3, -0.25) is 14.2 Å². The molecule has 19 heavy (non-hydrogen) atoms. The standard InChI is InChI=1S/C14H16N2O2S/c1-8-3-4-10-11(5-8)19-13-12(10)14(18)16(7-15-13)6-9(2)17/h7-8H,3-6H2,1-2H3. The van der Waals surface area contributed by atoms with Crippen LogP contribution in [-0.4, -0.2) is 15.3 Å². The molecule has 0 bridgehead atoms. The summed E-state index contributed by atoms with van der Waals surface area (Å²) in [5.74, 6) is 0.654. The van der Waals surface area contributed by atoms with Gasteiger partial charge in [-0.15, -0.1) is 11.3 Å². The van der Waals surface area contributed by atoms with E-state index < -0.39 is 0 Å². The fourth-order valence-corrected chi connectivity index (χ4v) is 4.06. The topological polar surface area (TPSA) is 52.0 Å². The SMILES string of the molecule is CC(=O)Cn1cnc2sc3c(c2c1=O)CCC(C)C3. The number of fused-ring (bicyclic) bond motifs is 3. The number of ketones is 1. The number of Topliss-reactive ketones (excluding diaryl/α,β-unsaturated/α-hetero) is 1. The first-order chi connectivity index (χ1) is 9.06. The van der Waals surface area contributed by atoms with Crippen LogP contribution < -0.4 is 5.56 Å². The quantitative estimate of drug-likeness (QED) is 0.844. The van der Waals surface area contributed by atoms with Gasteiger partial charge in [0, 0.05) is 4.88 Å². The minimum Gasteiger partial charge on any atom is -0.298 e. The van der Waals surface area contributed by atoms with Crippen molar-refractivity contribution in [3.05, 3.63) is 27.1 Å². The lowest BCUT2D eigenvalue weighted by Crippen LogP contribution is -2.24. The molecule has 0 saturated heterocycles. The Labute approximate surface area is 115 Å². The molecule has 0 aliphatic heterocycles. The van der Waals surface area contributed by atoms with Gasteiger partial charge in [-0.1, -0.05) is 6.92 Å². The maximum atomic E-state index is 12.5. The smallest absolute Gasteiger partial charge is 0.262 e. The molecule has 100 valence electrons. The summed E-state index contributed by atoms with van der Waals surface area (Å²) in [6.07, 6.45) is 4.62. The van der Waals surface area contributed by atoms with Crippen LogP contribution in [0, 0.1) is 5.92 Å². The van der Waals surface area contributed by atoms with Gasteiger partial charge in [0.1, 0.15) is 10.6 Å². The molecule has 5 heteroatoms. The van der Waals surface area contributed by atoms with Crippen LogP contribution >= 0.6 is 11.3 Å². The van der Waals surface area contributed by atoms with Crippen molar-refractivity contribution in [1.29, 1.82) is 0 Å². The molecule has 0 aromatic carbocycles. The largest absolute Gasteiger partial charge is 0.298 e. The van der Waals surface area contributed by atoms with E-state index in [9.17, 15) is 9.59 Å². The molecule has 1 aliphatic rings. The second-order valence-corrected chi connectivity index (χ2v) is 6.50. The number of aryl methyl sites for hydroxylation is 1. The molecule has 3 rings (SSSR count). The molecule has 0 radical (unpaired) electrons. The van der Waals surface area contributed by atoms with E-state index in [1.807, 2.05) is 0 Å². The number of carbonyl (C=O) groups is 1. The summed E-state index contributed by atoms with van der Waals surface area (Å²) in [6.45, 7) is 3.85. The maximum absolute atomic E-state index is 12.5. The average Bonchev–Trinajstić information content (AvgIpc) is 2.70. The molecule has 2 aromatic rings. The van der Waals surface area contributed by atoms with Crippen molar-refractivity contribution >= 4 is 27.3 Å². The summed E-state index contributed by atoms with van der Waals surface area (Å²) in [5, 5.41) is 0.746. The minimum absolute atomic E-state index is 0.0269. The van der Waals surface area contributed by atoms with Crippen LogP contribution in [0.25, 0.3) is 10.2 Å². The fourth-order valence-electron chi connectivity index (χ4n) is 2.72. The monoisotopic (exact) mass is 276 g/mol. The molecule has 0 amide bonds. The molecule has 0 spiro atoms. The summed E-state index contributed by atoms with van der Waals surface area (Å²) >= 11 is 1.64. The molecular weight excluding hydrogens is 260 g/mol. The van der Waals surface area contributed by atoms with Crippen molar-refractivity contribution in [3.63, 3.8) is 0 Å². The first-order valence-electron chi connectivity index (χ1n) is 6.55. The third-order valence-electron chi connectivity index (χ3n) is 3.68. The number of hydrogen-bond acceptors (Lipinski definition) is 4. The summed E-state index contributed by atoms with van der Waals surface area (Å²) in [4.78, 5) is 30.1. The molecule has 1 atom stereocenters. The lowest BCUT2D eigenvalue weighted by Gasteiger charge is -2.17. The lowest BCUT2D eigenvalue weighted by atomic mass is 9.89. The number of rotatable bonds is 2. The van der Waals surface area contributed by atoms with Crippen LogP contribution in [0.3, 0.4) is 0 Å². The van der Waals surface area contributed by atoms with Crippen molar-refractivity contribution in [3.8, 4) is 0 Å². The van der Waals surface area contributed by atoms with Crippen LogP contribution in [-0.2, 0) is 24.2 Å². The second kappa shape index (κ2) is 4.56. The van der Waals surface area contributed by atoms with Gasteiger partial charge >= 0.3 is 0 Å². The van der Waals surface area contributed by atoms with E-state index in [4.69, 9.17) is 0 Å². The van der Waals surface area contributed by atoms with Crippen LogP contribution in [0.2, 0.25) is 0 Å². The van der Waals surface area contributed by atoms with Gasteiger partial charge in [-0.25, -0.2) is 4.98 Å². The Morgan fingerprint density at radius 1 is 1.58 bits per heavy atom. The summed E-state index contributed by atoms with van der Waals surface area (Å²) in [5.41, 5.74) is 1.11. The molecule has 0 fully saturated rings. The molecule has 2 heterocycles. The Morgan fingerprint density at radius 2 is 2.37 bits per heavy atom. The zero-order valence-corrected chi connectivity index (χ0v) is 11.9. The van der Waals surface area contributed by atoms with Crippen LogP contribution in [0.4, 0.5) is 0 Å². The van der Waals surface area contributed by atoms with E-state index in [0.717, 1.165) is 29.5 Å². The van der Waals surface area contributed by atoms with E-state index in [-0.39, 0.29) is 17.9 Å². The highest BCUT2D eigenvalue weighted by atomic mass is 32.1. The van der Waals surface area contributed by atoms with Crippen LogP contribution in [0.15, 0.2) is 11.1 Å². The van der Waals surface area contributed by atoms with Crippen molar-refractivity contribution in [1.82, 2.24) is 9.55 Å². The predicted octanol–water partition coefficient (Wildman–Crippen LogP) is 2.17. The summed E-state index contributed by atoms with van der Waals surface area (Å²) in [7, 11) is 0. The Balaban J connectivity index is 2.20. The number of carbonyl (C=O) groups excluding carboxylic acids is 1. The molecule has 4 nitrogen and oxygen atoms in total. The van der Waals surface area contributed by atoms with Gasteiger partial charge < -0.3 is 0 Å². The van der Waals surface area contributed by atoms with E-state index >= 15 is 0 Å². The highest BCUT2D eigenvalue weighted by molar-refractivity contribution is 7.18. The van der Waals surface area contributed by atoms with Gasteiger partial charge in [0.15, 0.2) is 0 Å². The molecule has 0 N–H and O–H groups in total. The number of aromatic nitrogens is 2. The molecule has 1 aliphatic carbocycles. The predicted molar refractivity (Wildman–Crippen MR) is 75.8 cm³/mol. The lowest BCUT2D eigenvalue weighted by molar-refractivity contribution is -0.117. The Morgan fingerprint density at radius 3 is 3.11 bits per heavy atom.